The van der Waals surface area contributed by atoms with Gasteiger partial charge in [-0.1, -0.05) is 0 Å². The van der Waals surface area contributed by atoms with Crippen molar-refractivity contribution in [1.82, 2.24) is 19.7 Å². The summed E-state index contributed by atoms with van der Waals surface area (Å²) in [7, 11) is 2.02. The molecule has 0 saturated carbocycles. The Hall–Kier alpha value is -3.04. The molecule has 2 N–H and O–H groups in total. The highest BCUT2D eigenvalue weighted by Gasteiger charge is 2.24. The minimum atomic E-state index is -0.674. The Morgan fingerprint density at radius 2 is 1.83 bits per heavy atom. The summed E-state index contributed by atoms with van der Waals surface area (Å²) < 4.78 is 28.3. The Labute approximate surface area is 173 Å². The second-order valence-corrected chi connectivity index (χ2v) is 7.59. The van der Waals surface area contributed by atoms with Gasteiger partial charge >= 0.3 is 0 Å². The molecule has 1 aliphatic rings. The molecule has 0 bridgehead atoms. The van der Waals surface area contributed by atoms with Crippen LogP contribution in [0.2, 0.25) is 0 Å². The fraction of sp³-hybridized carbons (Fsp3) is 0.333. The molecule has 1 aliphatic heterocycles. The molecule has 1 saturated heterocycles. The highest BCUT2D eigenvalue weighted by atomic mass is 19.1. The smallest absolute Gasteiger partial charge is 0.246 e. The molecule has 1 aromatic heterocycles. The van der Waals surface area contributed by atoms with Crippen LogP contribution in [-0.2, 0) is 0 Å². The summed E-state index contributed by atoms with van der Waals surface area (Å²) in [5.41, 5.74) is 3.19. The summed E-state index contributed by atoms with van der Waals surface area (Å²) in [6.45, 7) is 4.61. The van der Waals surface area contributed by atoms with Crippen molar-refractivity contribution in [3.63, 3.8) is 0 Å². The predicted molar refractivity (Wildman–Crippen MR) is 111 cm³/mol. The van der Waals surface area contributed by atoms with Gasteiger partial charge in [0.25, 0.3) is 0 Å². The van der Waals surface area contributed by atoms with Gasteiger partial charge in [0.2, 0.25) is 5.95 Å². The van der Waals surface area contributed by atoms with Crippen molar-refractivity contribution >= 4 is 17.3 Å². The van der Waals surface area contributed by atoms with Crippen molar-refractivity contribution in [1.29, 1.82) is 0 Å². The number of aliphatic hydroxyl groups excluding tert-OH is 1. The number of rotatable bonds is 5. The molecule has 30 heavy (non-hydrogen) atoms. The van der Waals surface area contributed by atoms with E-state index in [1.54, 1.807) is 0 Å². The molecule has 9 heteroatoms. The van der Waals surface area contributed by atoms with Gasteiger partial charge in [-0.15, -0.1) is 5.10 Å². The van der Waals surface area contributed by atoms with E-state index in [9.17, 15) is 13.9 Å². The highest BCUT2D eigenvalue weighted by Crippen LogP contribution is 2.26. The van der Waals surface area contributed by atoms with Crippen LogP contribution in [-0.4, -0.2) is 64.1 Å². The third-order valence-corrected chi connectivity index (χ3v) is 5.27. The largest absolute Gasteiger partial charge is 0.395 e. The lowest BCUT2D eigenvalue weighted by atomic mass is 10.1. The zero-order valence-electron chi connectivity index (χ0n) is 16.9. The van der Waals surface area contributed by atoms with Crippen LogP contribution in [0.25, 0.3) is 5.69 Å². The van der Waals surface area contributed by atoms with Gasteiger partial charge < -0.3 is 15.3 Å². The van der Waals surface area contributed by atoms with Gasteiger partial charge in [-0.05, 0) is 49.9 Å². The molecule has 4 rings (SSSR count). The summed E-state index contributed by atoms with van der Waals surface area (Å²) in [4.78, 5) is 8.61. The Balaban J connectivity index is 1.54. The number of aromatic nitrogens is 3. The average Bonchev–Trinajstić information content (AvgIpc) is 3.15. The van der Waals surface area contributed by atoms with Crippen LogP contribution in [0.4, 0.5) is 26.1 Å². The molecule has 0 radical (unpaired) electrons. The van der Waals surface area contributed by atoms with Crippen molar-refractivity contribution < 1.29 is 13.9 Å². The average molecular weight is 414 g/mol. The van der Waals surface area contributed by atoms with E-state index in [1.165, 1.54) is 23.1 Å². The number of aliphatic hydroxyl groups is 1. The molecular weight excluding hydrogens is 390 g/mol. The molecule has 1 fully saturated rings. The van der Waals surface area contributed by atoms with E-state index in [0.29, 0.717) is 5.95 Å². The van der Waals surface area contributed by atoms with E-state index in [4.69, 9.17) is 0 Å². The van der Waals surface area contributed by atoms with Gasteiger partial charge in [0.1, 0.15) is 18.0 Å². The number of hydrogen-bond donors (Lipinski definition) is 2. The SMILES string of the molecule is Cc1cc(Nc2ncn(-c3cc(F)cc(F)c3)n2)cc(N2CCN(C)C(CO)C2)c1. The Kier molecular flexibility index (Phi) is 5.65. The summed E-state index contributed by atoms with van der Waals surface area (Å²) in [5.74, 6) is -1.03. The van der Waals surface area contributed by atoms with Crippen LogP contribution in [0, 0.1) is 18.6 Å². The fourth-order valence-electron chi connectivity index (χ4n) is 3.64. The zero-order valence-corrected chi connectivity index (χ0v) is 16.9. The third kappa shape index (κ3) is 4.42. The maximum atomic E-state index is 13.5. The standard InChI is InChI=1S/C21H24F2N6O/c1-14-5-17(10-18(6-14)28-4-3-27(2)20(11-28)12-30)25-21-24-13-29(26-21)19-8-15(22)7-16(23)9-19/h5-10,13,20,30H,3-4,11-12H2,1-2H3,(H,25,26). The van der Waals surface area contributed by atoms with Crippen molar-refractivity contribution in [2.24, 2.45) is 0 Å². The van der Waals surface area contributed by atoms with Gasteiger partial charge in [0.15, 0.2) is 0 Å². The monoisotopic (exact) mass is 414 g/mol. The number of anilines is 3. The van der Waals surface area contributed by atoms with E-state index in [1.807, 2.05) is 26.1 Å². The second kappa shape index (κ2) is 8.37. The molecule has 0 aliphatic carbocycles. The van der Waals surface area contributed by atoms with Crippen LogP contribution in [0.15, 0.2) is 42.7 Å². The third-order valence-electron chi connectivity index (χ3n) is 5.27. The fourth-order valence-corrected chi connectivity index (χ4v) is 3.64. The molecule has 1 atom stereocenters. The van der Waals surface area contributed by atoms with E-state index in [-0.39, 0.29) is 18.3 Å². The van der Waals surface area contributed by atoms with E-state index < -0.39 is 11.6 Å². The maximum absolute atomic E-state index is 13.5. The molecule has 158 valence electrons. The van der Waals surface area contributed by atoms with E-state index in [2.05, 4.69) is 31.3 Å². The molecule has 7 nitrogen and oxygen atoms in total. The maximum Gasteiger partial charge on any atom is 0.246 e. The molecular formula is C21H24F2N6O. The van der Waals surface area contributed by atoms with Crippen LogP contribution in [0.1, 0.15) is 5.56 Å². The molecule has 2 heterocycles. The number of hydrogen-bond acceptors (Lipinski definition) is 6. The summed E-state index contributed by atoms with van der Waals surface area (Å²) in [6.07, 6.45) is 1.40. The summed E-state index contributed by atoms with van der Waals surface area (Å²) in [5, 5.41) is 17.0. The minimum Gasteiger partial charge on any atom is -0.395 e. The number of nitrogens with one attached hydrogen (secondary N) is 1. The van der Waals surface area contributed by atoms with Crippen LogP contribution >= 0.6 is 0 Å². The molecule has 2 aromatic carbocycles. The lowest BCUT2D eigenvalue weighted by molar-refractivity contribution is 0.135. The van der Waals surface area contributed by atoms with Crippen molar-refractivity contribution in [2.75, 3.05) is 43.5 Å². The number of aryl methyl sites for hydroxylation is 1. The van der Waals surface area contributed by atoms with Crippen molar-refractivity contribution in [2.45, 2.75) is 13.0 Å². The Morgan fingerprint density at radius 1 is 1.07 bits per heavy atom. The quantitative estimate of drug-likeness (QED) is 0.669. The van der Waals surface area contributed by atoms with Crippen LogP contribution in [0.5, 0.6) is 0 Å². The predicted octanol–water partition coefficient (Wildman–Crippen LogP) is 2.71. The Bertz CT molecular complexity index is 1020. The minimum absolute atomic E-state index is 0.0969. The van der Waals surface area contributed by atoms with Crippen molar-refractivity contribution in [3.8, 4) is 5.69 Å². The topological polar surface area (TPSA) is 69.5 Å². The number of nitrogens with zero attached hydrogens (tertiary/aromatic N) is 5. The number of piperazine rings is 1. The molecule has 0 spiro atoms. The Morgan fingerprint density at radius 3 is 2.57 bits per heavy atom. The summed E-state index contributed by atoms with van der Waals surface area (Å²) >= 11 is 0. The zero-order chi connectivity index (χ0) is 21.3. The molecule has 0 amide bonds. The first-order chi connectivity index (χ1) is 14.4. The first-order valence-corrected chi connectivity index (χ1v) is 9.74. The molecule has 1 unspecified atom stereocenters. The van der Waals surface area contributed by atoms with E-state index in [0.717, 1.165) is 42.6 Å². The van der Waals surface area contributed by atoms with Gasteiger partial charge in [0.05, 0.1) is 18.3 Å². The van der Waals surface area contributed by atoms with Crippen LogP contribution in [0.3, 0.4) is 0 Å². The number of halogens is 2. The number of benzene rings is 2. The van der Waals surface area contributed by atoms with Gasteiger partial charge in [-0.25, -0.2) is 13.5 Å². The van der Waals surface area contributed by atoms with Gasteiger partial charge in [0, 0.05) is 37.1 Å². The first kappa shape index (κ1) is 20.2. The van der Waals surface area contributed by atoms with E-state index >= 15 is 0 Å². The molecule has 3 aromatic rings. The summed E-state index contributed by atoms with van der Waals surface area (Å²) in [6, 6.07) is 9.38. The first-order valence-electron chi connectivity index (χ1n) is 9.74. The normalized spacial score (nSPS) is 17.4. The van der Waals surface area contributed by atoms with Gasteiger partial charge in [-0.2, -0.15) is 4.98 Å². The lowest BCUT2D eigenvalue weighted by Gasteiger charge is -2.40. The number of likely N-dealkylation sites (N-methyl/N-ethyl adjacent to an activating group) is 1. The van der Waals surface area contributed by atoms with Gasteiger partial charge in [-0.3, -0.25) is 4.90 Å². The lowest BCUT2D eigenvalue weighted by Crippen LogP contribution is -2.53. The highest BCUT2D eigenvalue weighted by molar-refractivity contribution is 5.64. The van der Waals surface area contributed by atoms with Crippen molar-refractivity contribution in [3.05, 3.63) is 59.9 Å². The second-order valence-electron chi connectivity index (χ2n) is 7.59. The van der Waals surface area contributed by atoms with Crippen LogP contribution < -0.4 is 10.2 Å².